The fourth-order valence-electron chi connectivity index (χ4n) is 2.76. The summed E-state index contributed by atoms with van der Waals surface area (Å²) in [6.07, 6.45) is 0.765. The maximum Gasteiger partial charge on any atom is 0.123 e. The number of hydrogen-bond donors (Lipinski definition) is 1. The third kappa shape index (κ3) is 3.28. The van der Waals surface area contributed by atoms with Crippen LogP contribution in [0.15, 0.2) is 12.1 Å². The van der Waals surface area contributed by atoms with E-state index in [0.717, 1.165) is 31.8 Å². The maximum absolute atomic E-state index is 9.52. The number of rotatable bonds is 4. The van der Waals surface area contributed by atoms with Gasteiger partial charge in [0.25, 0.3) is 0 Å². The molecule has 106 valence electrons. The Kier molecular flexibility index (Phi) is 4.48. The first kappa shape index (κ1) is 14.4. The number of fused-ring (bicyclic) bond motifs is 1. The Morgan fingerprint density at radius 2 is 2.05 bits per heavy atom. The average molecular weight is 263 g/mol. The molecular formula is C16H25NO2. The lowest BCUT2D eigenvalue weighted by molar-refractivity contribution is 0.118. The lowest BCUT2D eigenvalue weighted by atomic mass is 9.92. The van der Waals surface area contributed by atoms with Gasteiger partial charge < -0.3 is 9.84 Å². The molecule has 1 aromatic rings. The Labute approximate surface area is 116 Å². The van der Waals surface area contributed by atoms with E-state index in [-0.39, 0.29) is 6.10 Å². The topological polar surface area (TPSA) is 32.7 Å². The zero-order chi connectivity index (χ0) is 14.0. The van der Waals surface area contributed by atoms with Crippen LogP contribution in [0.1, 0.15) is 43.4 Å². The monoisotopic (exact) mass is 263 g/mol. The van der Waals surface area contributed by atoms with Crippen molar-refractivity contribution in [3.8, 4) is 5.75 Å². The van der Waals surface area contributed by atoms with Crippen molar-refractivity contribution in [3.05, 3.63) is 28.8 Å². The van der Waals surface area contributed by atoms with Crippen LogP contribution in [0.2, 0.25) is 0 Å². The van der Waals surface area contributed by atoms with E-state index < -0.39 is 0 Å². The van der Waals surface area contributed by atoms with Gasteiger partial charge in [-0.15, -0.1) is 0 Å². The van der Waals surface area contributed by atoms with Gasteiger partial charge in [0.2, 0.25) is 0 Å². The highest BCUT2D eigenvalue weighted by molar-refractivity contribution is 5.46. The number of hydrogen-bond acceptors (Lipinski definition) is 3. The molecule has 1 aliphatic rings. The summed E-state index contributed by atoms with van der Waals surface area (Å²) in [5.74, 6) is 1.52. The zero-order valence-corrected chi connectivity index (χ0v) is 12.4. The molecule has 0 spiro atoms. The number of ether oxygens (including phenoxy) is 1. The summed E-state index contributed by atoms with van der Waals surface area (Å²) in [5.41, 5.74) is 4.04. The quantitative estimate of drug-likeness (QED) is 0.906. The minimum absolute atomic E-state index is 0.275. The van der Waals surface area contributed by atoms with E-state index in [0.29, 0.717) is 5.92 Å². The molecule has 0 saturated carbocycles. The normalized spacial score (nSPS) is 17.4. The predicted octanol–water partition coefficient (Wildman–Crippen LogP) is 2.56. The smallest absolute Gasteiger partial charge is 0.123 e. The standard InChI is InChI=1S/C16H25NO2/c1-11(2)14-7-13-5-6-17(9-12(3)18)10-15(13)16(8-14)19-4/h7-8,11-12,18H,5-6,9-10H2,1-4H3/t12-/m0/s1. The third-order valence-corrected chi connectivity index (χ3v) is 3.81. The predicted molar refractivity (Wildman–Crippen MR) is 77.7 cm³/mol. The molecule has 0 aliphatic carbocycles. The first-order chi connectivity index (χ1) is 9.01. The van der Waals surface area contributed by atoms with Crippen molar-refractivity contribution in [2.75, 3.05) is 20.2 Å². The molecule has 0 fully saturated rings. The minimum Gasteiger partial charge on any atom is -0.496 e. The van der Waals surface area contributed by atoms with Crippen molar-refractivity contribution in [3.63, 3.8) is 0 Å². The lowest BCUT2D eigenvalue weighted by Crippen LogP contribution is -2.35. The molecule has 19 heavy (non-hydrogen) atoms. The summed E-state index contributed by atoms with van der Waals surface area (Å²) in [4.78, 5) is 2.30. The Morgan fingerprint density at radius 1 is 1.32 bits per heavy atom. The summed E-state index contributed by atoms with van der Waals surface area (Å²) in [6, 6.07) is 4.48. The summed E-state index contributed by atoms with van der Waals surface area (Å²) < 4.78 is 5.57. The van der Waals surface area contributed by atoms with Crippen molar-refractivity contribution in [2.24, 2.45) is 0 Å². The number of aliphatic hydroxyl groups is 1. The molecule has 1 N–H and O–H groups in total. The van der Waals surface area contributed by atoms with Gasteiger partial charge in [0.1, 0.15) is 5.75 Å². The van der Waals surface area contributed by atoms with Crippen LogP contribution in [0.4, 0.5) is 0 Å². The highest BCUT2D eigenvalue weighted by Crippen LogP contribution is 2.32. The molecule has 0 bridgehead atoms. The van der Waals surface area contributed by atoms with Crippen molar-refractivity contribution in [2.45, 2.75) is 45.8 Å². The van der Waals surface area contributed by atoms with E-state index >= 15 is 0 Å². The molecule has 2 rings (SSSR count). The van der Waals surface area contributed by atoms with E-state index in [2.05, 4.69) is 30.9 Å². The van der Waals surface area contributed by atoms with Gasteiger partial charge in [-0.3, -0.25) is 4.90 Å². The van der Waals surface area contributed by atoms with Gasteiger partial charge in [0.15, 0.2) is 0 Å². The highest BCUT2D eigenvalue weighted by Gasteiger charge is 2.21. The highest BCUT2D eigenvalue weighted by atomic mass is 16.5. The van der Waals surface area contributed by atoms with E-state index in [1.807, 2.05) is 6.92 Å². The summed E-state index contributed by atoms with van der Waals surface area (Å²) in [5, 5.41) is 9.52. The van der Waals surface area contributed by atoms with Crippen LogP contribution in [0.3, 0.4) is 0 Å². The van der Waals surface area contributed by atoms with Crippen molar-refractivity contribution in [1.29, 1.82) is 0 Å². The van der Waals surface area contributed by atoms with E-state index in [1.54, 1.807) is 7.11 Å². The second-order valence-electron chi connectivity index (χ2n) is 5.85. The van der Waals surface area contributed by atoms with Crippen LogP contribution in [0.5, 0.6) is 5.75 Å². The first-order valence-electron chi connectivity index (χ1n) is 7.11. The molecule has 3 nitrogen and oxygen atoms in total. The fourth-order valence-corrected chi connectivity index (χ4v) is 2.76. The number of methoxy groups -OCH3 is 1. The fraction of sp³-hybridized carbons (Fsp3) is 0.625. The minimum atomic E-state index is -0.275. The molecule has 0 radical (unpaired) electrons. The molecule has 1 aromatic carbocycles. The Hall–Kier alpha value is -1.06. The Morgan fingerprint density at radius 3 is 2.63 bits per heavy atom. The summed E-state index contributed by atoms with van der Waals surface area (Å²) >= 11 is 0. The van der Waals surface area contributed by atoms with E-state index in [9.17, 15) is 5.11 Å². The second-order valence-corrected chi connectivity index (χ2v) is 5.85. The van der Waals surface area contributed by atoms with Gasteiger partial charge in [0.05, 0.1) is 13.2 Å². The molecule has 0 saturated heterocycles. The Bertz CT molecular complexity index is 423. The number of aliphatic hydroxyl groups excluding tert-OH is 1. The van der Waals surface area contributed by atoms with Gasteiger partial charge in [0, 0.05) is 25.2 Å². The van der Waals surface area contributed by atoms with Crippen LogP contribution < -0.4 is 4.74 Å². The maximum atomic E-state index is 9.52. The van der Waals surface area contributed by atoms with Crippen LogP contribution >= 0.6 is 0 Å². The van der Waals surface area contributed by atoms with Gasteiger partial charge in [-0.1, -0.05) is 19.9 Å². The van der Waals surface area contributed by atoms with Gasteiger partial charge in [-0.2, -0.15) is 0 Å². The van der Waals surface area contributed by atoms with Crippen LogP contribution in [-0.2, 0) is 13.0 Å². The van der Waals surface area contributed by atoms with Crippen molar-refractivity contribution < 1.29 is 9.84 Å². The first-order valence-corrected chi connectivity index (χ1v) is 7.11. The SMILES string of the molecule is COc1cc(C(C)C)cc2c1CN(C[C@H](C)O)CC2. The molecular weight excluding hydrogens is 238 g/mol. The lowest BCUT2D eigenvalue weighted by Gasteiger charge is -2.31. The zero-order valence-electron chi connectivity index (χ0n) is 12.4. The molecule has 3 heteroatoms. The van der Waals surface area contributed by atoms with Crippen molar-refractivity contribution in [1.82, 2.24) is 4.90 Å². The average Bonchev–Trinajstić information content (AvgIpc) is 2.36. The van der Waals surface area contributed by atoms with Gasteiger partial charge in [-0.05, 0) is 36.5 Å². The van der Waals surface area contributed by atoms with E-state index in [4.69, 9.17) is 4.74 Å². The van der Waals surface area contributed by atoms with Crippen LogP contribution in [0, 0.1) is 0 Å². The number of benzene rings is 1. The van der Waals surface area contributed by atoms with Crippen LogP contribution in [0.25, 0.3) is 0 Å². The third-order valence-electron chi connectivity index (χ3n) is 3.81. The van der Waals surface area contributed by atoms with Crippen molar-refractivity contribution >= 4 is 0 Å². The molecule has 0 unspecified atom stereocenters. The molecule has 1 heterocycles. The second kappa shape index (κ2) is 5.93. The Balaban J connectivity index is 2.28. The summed E-state index contributed by atoms with van der Waals surface area (Å²) in [7, 11) is 1.74. The molecule has 0 amide bonds. The van der Waals surface area contributed by atoms with E-state index in [1.165, 1.54) is 16.7 Å². The summed E-state index contributed by atoms with van der Waals surface area (Å²) in [6.45, 7) is 8.89. The van der Waals surface area contributed by atoms with Gasteiger partial charge >= 0.3 is 0 Å². The van der Waals surface area contributed by atoms with Crippen LogP contribution in [-0.4, -0.2) is 36.3 Å². The number of β-amino-alcohol motifs (C(OH)–C–C–N with tert-alkyl or cyclic N) is 1. The number of nitrogens with zero attached hydrogens (tertiary/aromatic N) is 1. The van der Waals surface area contributed by atoms with Gasteiger partial charge in [-0.25, -0.2) is 0 Å². The molecule has 1 aliphatic heterocycles. The molecule has 0 aromatic heterocycles. The molecule has 1 atom stereocenters. The largest absolute Gasteiger partial charge is 0.496 e.